The molecule has 0 unspecified atom stereocenters. The van der Waals surface area contributed by atoms with E-state index in [9.17, 15) is 14.4 Å². The summed E-state index contributed by atoms with van der Waals surface area (Å²) in [6, 6.07) is 12.3. The number of aryl methyl sites for hydroxylation is 2. The number of nitrogens with zero attached hydrogens (tertiary/aromatic N) is 1. The summed E-state index contributed by atoms with van der Waals surface area (Å²) in [5.41, 5.74) is 3.08. The fourth-order valence-electron chi connectivity index (χ4n) is 2.63. The largest absolute Gasteiger partial charge is 0.497 e. The van der Waals surface area contributed by atoms with Crippen molar-refractivity contribution in [1.29, 1.82) is 0 Å². The predicted octanol–water partition coefficient (Wildman–Crippen LogP) is 2.14. The molecule has 0 fully saturated rings. The highest BCUT2D eigenvalue weighted by Gasteiger charge is 2.16. The first-order valence-electron chi connectivity index (χ1n) is 8.84. The minimum absolute atomic E-state index is 0.106. The van der Waals surface area contributed by atoms with Crippen LogP contribution in [-0.4, -0.2) is 49.9 Å². The van der Waals surface area contributed by atoms with Crippen LogP contribution in [0.15, 0.2) is 42.5 Å². The van der Waals surface area contributed by atoms with Gasteiger partial charge in [-0.25, -0.2) is 0 Å². The Balaban J connectivity index is 1.84. The van der Waals surface area contributed by atoms with Crippen molar-refractivity contribution < 1.29 is 19.1 Å². The molecule has 0 radical (unpaired) electrons. The first kappa shape index (κ1) is 21.0. The second-order valence-corrected chi connectivity index (χ2v) is 6.48. The lowest BCUT2D eigenvalue weighted by Crippen LogP contribution is -2.41. The van der Waals surface area contributed by atoms with Gasteiger partial charge in [-0.05, 0) is 49.2 Å². The molecule has 148 valence electrons. The third-order valence-electron chi connectivity index (χ3n) is 4.30. The first-order chi connectivity index (χ1) is 13.3. The van der Waals surface area contributed by atoms with Crippen LogP contribution in [0, 0.1) is 13.8 Å². The number of carbonyl (C=O) groups is 3. The number of carbonyl (C=O) groups excluding carboxylic acids is 3. The van der Waals surface area contributed by atoms with Crippen molar-refractivity contribution in [2.75, 3.05) is 32.6 Å². The maximum Gasteiger partial charge on any atom is 0.251 e. The molecular weight excluding hydrogens is 358 g/mol. The monoisotopic (exact) mass is 383 g/mol. The number of likely N-dealkylation sites (N-methyl/N-ethyl adjacent to an activating group) is 1. The van der Waals surface area contributed by atoms with Crippen molar-refractivity contribution in [1.82, 2.24) is 10.2 Å². The van der Waals surface area contributed by atoms with Crippen molar-refractivity contribution in [3.8, 4) is 5.75 Å². The van der Waals surface area contributed by atoms with Crippen molar-refractivity contribution in [3.05, 3.63) is 59.2 Å². The minimum Gasteiger partial charge on any atom is -0.497 e. The van der Waals surface area contributed by atoms with E-state index in [-0.39, 0.29) is 30.8 Å². The van der Waals surface area contributed by atoms with E-state index in [0.29, 0.717) is 11.3 Å². The van der Waals surface area contributed by atoms with E-state index in [0.717, 1.165) is 16.8 Å². The highest BCUT2D eigenvalue weighted by molar-refractivity contribution is 5.98. The Hall–Kier alpha value is -3.35. The Morgan fingerprint density at radius 3 is 2.18 bits per heavy atom. The number of hydrogen-bond acceptors (Lipinski definition) is 4. The van der Waals surface area contributed by atoms with Gasteiger partial charge in [0, 0.05) is 18.3 Å². The summed E-state index contributed by atoms with van der Waals surface area (Å²) in [4.78, 5) is 37.8. The fourth-order valence-corrected chi connectivity index (χ4v) is 2.63. The van der Waals surface area contributed by atoms with Crippen LogP contribution in [-0.2, 0) is 9.59 Å². The maximum atomic E-state index is 12.2. The van der Waals surface area contributed by atoms with E-state index in [4.69, 9.17) is 4.74 Å². The van der Waals surface area contributed by atoms with E-state index < -0.39 is 0 Å². The van der Waals surface area contributed by atoms with Gasteiger partial charge in [-0.1, -0.05) is 18.2 Å². The average Bonchev–Trinajstić information content (AvgIpc) is 2.68. The van der Waals surface area contributed by atoms with Crippen molar-refractivity contribution >= 4 is 23.4 Å². The van der Waals surface area contributed by atoms with Crippen molar-refractivity contribution in [2.45, 2.75) is 13.8 Å². The topological polar surface area (TPSA) is 87.7 Å². The molecular formula is C21H25N3O4. The molecule has 3 amide bonds. The number of methoxy groups -OCH3 is 1. The Morgan fingerprint density at radius 1 is 1.00 bits per heavy atom. The molecule has 2 aromatic rings. The smallest absolute Gasteiger partial charge is 0.251 e. The zero-order valence-corrected chi connectivity index (χ0v) is 16.5. The summed E-state index contributed by atoms with van der Waals surface area (Å²) in [6.45, 7) is 3.52. The zero-order valence-electron chi connectivity index (χ0n) is 16.5. The van der Waals surface area contributed by atoms with Gasteiger partial charge in [0.2, 0.25) is 11.8 Å². The van der Waals surface area contributed by atoms with Gasteiger partial charge in [0.25, 0.3) is 5.91 Å². The maximum absolute atomic E-state index is 12.2. The summed E-state index contributed by atoms with van der Waals surface area (Å²) >= 11 is 0. The van der Waals surface area contributed by atoms with Gasteiger partial charge in [0.15, 0.2) is 0 Å². The third kappa shape index (κ3) is 5.57. The summed E-state index contributed by atoms with van der Waals surface area (Å²) < 4.78 is 5.04. The number of benzene rings is 2. The van der Waals surface area contributed by atoms with Crippen molar-refractivity contribution in [2.24, 2.45) is 0 Å². The molecule has 7 heteroatoms. The molecule has 0 aliphatic heterocycles. The Bertz CT molecular complexity index is 842. The van der Waals surface area contributed by atoms with E-state index in [1.165, 1.54) is 11.9 Å². The quantitative estimate of drug-likeness (QED) is 0.767. The first-order valence-corrected chi connectivity index (χ1v) is 8.84. The second-order valence-electron chi connectivity index (χ2n) is 6.48. The summed E-state index contributed by atoms with van der Waals surface area (Å²) in [7, 11) is 3.06. The number of hydrogen-bond donors (Lipinski definition) is 2. The van der Waals surface area contributed by atoms with Crippen LogP contribution in [0.4, 0.5) is 5.69 Å². The molecule has 0 saturated heterocycles. The van der Waals surface area contributed by atoms with Crippen LogP contribution in [0.1, 0.15) is 21.5 Å². The lowest BCUT2D eigenvalue weighted by molar-refractivity contribution is -0.132. The average molecular weight is 383 g/mol. The number of nitrogens with one attached hydrogen (secondary N) is 2. The van der Waals surface area contributed by atoms with E-state index in [2.05, 4.69) is 10.6 Å². The molecule has 7 nitrogen and oxygen atoms in total. The molecule has 0 aromatic heterocycles. The van der Waals surface area contributed by atoms with E-state index in [1.54, 1.807) is 31.4 Å². The Labute approximate surface area is 164 Å². The lowest BCUT2D eigenvalue weighted by Gasteiger charge is -2.18. The SMILES string of the molecule is COc1ccc(C(=O)NCC(=O)N(C)CC(=O)Nc2c(C)cccc2C)cc1. The molecule has 2 aromatic carbocycles. The number of para-hydroxylation sites is 1. The van der Waals surface area contributed by atoms with Gasteiger partial charge in [-0.15, -0.1) is 0 Å². The van der Waals surface area contributed by atoms with Crippen molar-refractivity contribution in [3.63, 3.8) is 0 Å². The lowest BCUT2D eigenvalue weighted by atomic mass is 10.1. The molecule has 0 aliphatic rings. The molecule has 28 heavy (non-hydrogen) atoms. The zero-order chi connectivity index (χ0) is 20.7. The van der Waals surface area contributed by atoms with Gasteiger partial charge in [0.05, 0.1) is 20.2 Å². The van der Waals surface area contributed by atoms with Gasteiger partial charge >= 0.3 is 0 Å². The van der Waals surface area contributed by atoms with Crippen LogP contribution in [0.3, 0.4) is 0 Å². The van der Waals surface area contributed by atoms with E-state index in [1.807, 2.05) is 32.0 Å². The highest BCUT2D eigenvalue weighted by Crippen LogP contribution is 2.19. The van der Waals surface area contributed by atoms with Crippen LogP contribution >= 0.6 is 0 Å². The standard InChI is InChI=1S/C21H25N3O4/c1-14-6-5-7-15(2)20(14)23-18(25)13-24(3)19(26)12-22-21(27)16-8-10-17(28-4)11-9-16/h5-11H,12-13H2,1-4H3,(H,22,27)(H,23,25). The predicted molar refractivity (Wildman–Crippen MR) is 108 cm³/mol. The van der Waals surface area contributed by atoms with Crippen LogP contribution in [0.2, 0.25) is 0 Å². The van der Waals surface area contributed by atoms with E-state index >= 15 is 0 Å². The molecule has 2 N–H and O–H groups in total. The fraction of sp³-hybridized carbons (Fsp3) is 0.286. The molecule has 2 rings (SSSR count). The third-order valence-corrected chi connectivity index (χ3v) is 4.30. The van der Waals surface area contributed by atoms with Gasteiger partial charge in [0.1, 0.15) is 5.75 Å². The van der Waals surface area contributed by atoms with Crippen LogP contribution in [0.5, 0.6) is 5.75 Å². The molecule has 0 bridgehead atoms. The number of anilines is 1. The number of ether oxygens (including phenoxy) is 1. The molecule has 0 spiro atoms. The Morgan fingerprint density at radius 2 is 1.61 bits per heavy atom. The molecule has 0 heterocycles. The van der Waals surface area contributed by atoms with Gasteiger partial charge in [-0.2, -0.15) is 0 Å². The normalized spacial score (nSPS) is 10.1. The van der Waals surface area contributed by atoms with Gasteiger partial charge in [-0.3, -0.25) is 14.4 Å². The highest BCUT2D eigenvalue weighted by atomic mass is 16.5. The second kappa shape index (κ2) is 9.55. The van der Waals surface area contributed by atoms with Gasteiger partial charge < -0.3 is 20.3 Å². The molecule has 0 atom stereocenters. The number of rotatable bonds is 7. The summed E-state index contributed by atoms with van der Waals surface area (Å²) in [5, 5.41) is 5.39. The minimum atomic E-state index is -0.371. The molecule has 0 saturated carbocycles. The van der Waals surface area contributed by atoms with Crippen LogP contribution < -0.4 is 15.4 Å². The van der Waals surface area contributed by atoms with Crippen LogP contribution in [0.25, 0.3) is 0 Å². The Kier molecular flexibility index (Phi) is 7.14. The number of amides is 3. The summed E-state index contributed by atoms with van der Waals surface area (Å²) in [6.07, 6.45) is 0. The summed E-state index contributed by atoms with van der Waals surface area (Å²) in [5.74, 6) is -0.389. The molecule has 0 aliphatic carbocycles.